The molecule has 2 rings (SSSR count). The number of anilines is 1. The molecule has 0 aliphatic rings. The molecule has 0 radical (unpaired) electrons. The maximum Gasteiger partial charge on any atom is 0.191 e. The van der Waals surface area contributed by atoms with Gasteiger partial charge in [-0.15, -0.1) is 0 Å². The van der Waals surface area contributed by atoms with Crippen molar-refractivity contribution >= 4 is 34.8 Å². The molecule has 0 fully saturated rings. The number of methoxy groups -OCH3 is 1. The summed E-state index contributed by atoms with van der Waals surface area (Å²) in [5, 5.41) is 11.1. The second-order valence-electron chi connectivity index (χ2n) is 5.63. The average Bonchev–Trinajstić information content (AvgIpc) is 2.64. The van der Waals surface area contributed by atoms with Gasteiger partial charge in [-0.25, -0.2) is 0 Å². The summed E-state index contributed by atoms with van der Waals surface area (Å²) in [5.41, 5.74) is 3.20. The molecule has 2 aromatic carbocycles. The molecule has 3 N–H and O–H groups in total. The van der Waals surface area contributed by atoms with Crippen LogP contribution in [0.15, 0.2) is 47.5 Å². The van der Waals surface area contributed by atoms with Crippen molar-refractivity contribution in [1.29, 1.82) is 0 Å². The Bertz CT molecular complexity index is 720. The summed E-state index contributed by atoms with van der Waals surface area (Å²) in [6.07, 6.45) is 0. The first-order valence-electron chi connectivity index (χ1n) is 8.32. The maximum absolute atomic E-state index is 6.19. The van der Waals surface area contributed by atoms with Crippen LogP contribution >= 0.6 is 23.2 Å². The summed E-state index contributed by atoms with van der Waals surface area (Å²) in [6.45, 7) is 2.71. The molecule has 0 spiro atoms. The zero-order valence-corrected chi connectivity index (χ0v) is 16.5. The minimum atomic E-state index is 0.567. The van der Waals surface area contributed by atoms with E-state index in [0.717, 1.165) is 23.4 Å². The van der Waals surface area contributed by atoms with E-state index >= 15 is 0 Å². The molecule has 0 aliphatic carbocycles. The minimum absolute atomic E-state index is 0.567. The Hall–Kier alpha value is -1.95. The summed E-state index contributed by atoms with van der Waals surface area (Å²) in [7, 11) is 3.43. The van der Waals surface area contributed by atoms with Crippen LogP contribution in [-0.2, 0) is 17.8 Å². The van der Waals surface area contributed by atoms with Crippen molar-refractivity contribution in [2.45, 2.75) is 13.1 Å². The van der Waals surface area contributed by atoms with Crippen LogP contribution in [0.1, 0.15) is 11.1 Å². The Morgan fingerprint density at radius 1 is 1.04 bits per heavy atom. The van der Waals surface area contributed by atoms with Crippen molar-refractivity contribution in [2.24, 2.45) is 4.99 Å². The molecule has 2 aromatic rings. The van der Waals surface area contributed by atoms with Gasteiger partial charge in [0, 0.05) is 49.5 Å². The fourth-order valence-electron chi connectivity index (χ4n) is 2.29. The summed E-state index contributed by atoms with van der Waals surface area (Å²) in [5.74, 6) is 0.707. The zero-order chi connectivity index (χ0) is 18.8. The van der Waals surface area contributed by atoms with Crippen LogP contribution in [0, 0.1) is 0 Å². The second kappa shape index (κ2) is 10.9. The number of halogens is 2. The van der Waals surface area contributed by atoms with E-state index < -0.39 is 0 Å². The van der Waals surface area contributed by atoms with Crippen molar-refractivity contribution in [3.8, 4) is 0 Å². The standard InChI is InChI=1S/C19H24Cl2N4O/c1-22-19(25-13-15-5-6-16(20)11-18(15)21)24-12-14-3-7-17(8-4-14)23-9-10-26-2/h3-8,11,23H,9-10,12-13H2,1-2H3,(H2,22,24,25). The highest BCUT2D eigenvalue weighted by molar-refractivity contribution is 6.35. The van der Waals surface area contributed by atoms with Crippen LogP contribution in [0.3, 0.4) is 0 Å². The van der Waals surface area contributed by atoms with Gasteiger partial charge in [-0.1, -0.05) is 41.4 Å². The second-order valence-corrected chi connectivity index (χ2v) is 6.48. The lowest BCUT2D eigenvalue weighted by molar-refractivity contribution is 0.211. The van der Waals surface area contributed by atoms with E-state index in [1.807, 2.05) is 12.1 Å². The molecule has 0 heterocycles. The lowest BCUT2D eigenvalue weighted by Gasteiger charge is -2.13. The fourth-order valence-corrected chi connectivity index (χ4v) is 2.76. The van der Waals surface area contributed by atoms with E-state index in [4.69, 9.17) is 27.9 Å². The number of ether oxygens (including phenoxy) is 1. The molecular weight excluding hydrogens is 371 g/mol. The molecule has 0 atom stereocenters. The quantitative estimate of drug-likeness (QED) is 0.360. The van der Waals surface area contributed by atoms with E-state index in [9.17, 15) is 0 Å². The Labute approximate surface area is 164 Å². The third kappa shape index (κ3) is 6.75. The number of aliphatic imine (C=N–C) groups is 1. The van der Waals surface area contributed by atoms with Crippen LogP contribution in [0.2, 0.25) is 10.0 Å². The van der Waals surface area contributed by atoms with E-state index in [-0.39, 0.29) is 0 Å². The van der Waals surface area contributed by atoms with E-state index in [1.165, 1.54) is 0 Å². The number of rotatable bonds is 8. The van der Waals surface area contributed by atoms with E-state index in [2.05, 4.69) is 45.2 Å². The third-order valence-electron chi connectivity index (χ3n) is 3.73. The number of nitrogens with zero attached hydrogens (tertiary/aromatic N) is 1. The molecule has 0 amide bonds. The van der Waals surface area contributed by atoms with Crippen LogP contribution in [0.5, 0.6) is 0 Å². The van der Waals surface area contributed by atoms with Gasteiger partial charge >= 0.3 is 0 Å². The predicted octanol–water partition coefficient (Wildman–Crippen LogP) is 3.92. The molecule has 0 aliphatic heterocycles. The lowest BCUT2D eigenvalue weighted by Crippen LogP contribution is -2.36. The normalized spacial score (nSPS) is 11.3. The molecule has 0 unspecified atom stereocenters. The van der Waals surface area contributed by atoms with Gasteiger partial charge < -0.3 is 20.7 Å². The molecule has 26 heavy (non-hydrogen) atoms. The van der Waals surface area contributed by atoms with Crippen LogP contribution < -0.4 is 16.0 Å². The monoisotopic (exact) mass is 394 g/mol. The molecule has 0 bridgehead atoms. The van der Waals surface area contributed by atoms with Gasteiger partial charge in [-0.3, -0.25) is 4.99 Å². The minimum Gasteiger partial charge on any atom is -0.383 e. The van der Waals surface area contributed by atoms with Gasteiger partial charge in [0.2, 0.25) is 0 Å². The van der Waals surface area contributed by atoms with Gasteiger partial charge in [-0.2, -0.15) is 0 Å². The van der Waals surface area contributed by atoms with E-state index in [1.54, 1.807) is 20.2 Å². The smallest absolute Gasteiger partial charge is 0.191 e. The van der Waals surface area contributed by atoms with Crippen LogP contribution in [0.25, 0.3) is 0 Å². The summed E-state index contributed by atoms with van der Waals surface area (Å²) in [4.78, 5) is 4.23. The summed E-state index contributed by atoms with van der Waals surface area (Å²) < 4.78 is 5.03. The van der Waals surface area contributed by atoms with Crippen molar-refractivity contribution in [3.05, 3.63) is 63.6 Å². The number of nitrogens with one attached hydrogen (secondary N) is 3. The lowest BCUT2D eigenvalue weighted by atomic mass is 10.2. The van der Waals surface area contributed by atoms with Crippen molar-refractivity contribution in [1.82, 2.24) is 10.6 Å². The molecule has 0 saturated carbocycles. The molecule has 0 aromatic heterocycles. The Kier molecular flexibility index (Phi) is 8.54. The fraction of sp³-hybridized carbons (Fsp3) is 0.316. The average molecular weight is 395 g/mol. The highest BCUT2D eigenvalue weighted by Gasteiger charge is 2.03. The summed E-state index contributed by atoms with van der Waals surface area (Å²) in [6, 6.07) is 13.7. The molecule has 7 heteroatoms. The van der Waals surface area contributed by atoms with Crippen LogP contribution in [0.4, 0.5) is 5.69 Å². The predicted molar refractivity (Wildman–Crippen MR) is 110 cm³/mol. The molecule has 140 valence electrons. The Morgan fingerprint density at radius 3 is 2.42 bits per heavy atom. The first-order valence-corrected chi connectivity index (χ1v) is 9.08. The van der Waals surface area contributed by atoms with Gasteiger partial charge in [0.05, 0.1) is 6.61 Å². The topological polar surface area (TPSA) is 57.7 Å². The van der Waals surface area contributed by atoms with E-state index in [0.29, 0.717) is 35.7 Å². The molecule has 0 saturated heterocycles. The first kappa shape index (κ1) is 20.4. The Balaban J connectivity index is 1.81. The number of hydrogen-bond acceptors (Lipinski definition) is 3. The maximum atomic E-state index is 6.19. The van der Waals surface area contributed by atoms with Gasteiger partial charge in [-0.05, 0) is 35.4 Å². The van der Waals surface area contributed by atoms with Crippen LogP contribution in [-0.4, -0.2) is 33.3 Å². The van der Waals surface area contributed by atoms with Gasteiger partial charge in [0.1, 0.15) is 0 Å². The number of hydrogen-bond donors (Lipinski definition) is 3. The highest BCUT2D eigenvalue weighted by Crippen LogP contribution is 2.20. The highest BCUT2D eigenvalue weighted by atomic mass is 35.5. The van der Waals surface area contributed by atoms with Gasteiger partial charge in [0.15, 0.2) is 5.96 Å². The van der Waals surface area contributed by atoms with Crippen molar-refractivity contribution in [2.75, 3.05) is 32.6 Å². The number of benzene rings is 2. The Morgan fingerprint density at radius 2 is 1.77 bits per heavy atom. The summed E-state index contributed by atoms with van der Waals surface area (Å²) >= 11 is 12.1. The van der Waals surface area contributed by atoms with Crippen molar-refractivity contribution < 1.29 is 4.74 Å². The SMILES string of the molecule is CN=C(NCc1ccc(NCCOC)cc1)NCc1ccc(Cl)cc1Cl. The van der Waals surface area contributed by atoms with Crippen molar-refractivity contribution in [3.63, 3.8) is 0 Å². The molecular formula is C19H24Cl2N4O. The molecule has 5 nitrogen and oxygen atoms in total. The first-order chi connectivity index (χ1) is 12.6. The zero-order valence-electron chi connectivity index (χ0n) is 15.0. The van der Waals surface area contributed by atoms with Gasteiger partial charge in [0.25, 0.3) is 0 Å². The third-order valence-corrected chi connectivity index (χ3v) is 4.32. The largest absolute Gasteiger partial charge is 0.383 e. The number of guanidine groups is 1.